The van der Waals surface area contributed by atoms with E-state index in [9.17, 15) is 0 Å². The average Bonchev–Trinajstić information content (AvgIpc) is 2.87. The van der Waals surface area contributed by atoms with Gasteiger partial charge < -0.3 is 15.8 Å². The molecule has 3 N–H and O–H groups in total. The molecule has 0 fully saturated rings. The number of rotatable bonds is 6. The molecule has 0 amide bonds. The van der Waals surface area contributed by atoms with Crippen LogP contribution in [0.1, 0.15) is 32.6 Å². The highest BCUT2D eigenvalue weighted by Gasteiger charge is 2.05. The van der Waals surface area contributed by atoms with E-state index in [4.69, 9.17) is 10.5 Å². The monoisotopic (exact) mass is 246 g/mol. The molecule has 0 radical (unpaired) electrons. The maximum absolute atomic E-state index is 5.84. The lowest BCUT2D eigenvalue weighted by molar-refractivity contribution is 0.342. The number of hydrogen-bond donors (Lipinski definition) is 2. The highest BCUT2D eigenvalue weighted by molar-refractivity contribution is 5.61. The summed E-state index contributed by atoms with van der Waals surface area (Å²) in [5, 5.41) is 3.42. The summed E-state index contributed by atoms with van der Waals surface area (Å²) < 4.78 is 5.48. The van der Waals surface area contributed by atoms with E-state index in [2.05, 4.69) is 11.4 Å². The van der Waals surface area contributed by atoms with Crippen molar-refractivity contribution < 1.29 is 4.74 Å². The van der Waals surface area contributed by atoms with Gasteiger partial charge in [-0.15, -0.1) is 0 Å². The second kappa shape index (κ2) is 6.34. The van der Waals surface area contributed by atoms with Gasteiger partial charge in [0.1, 0.15) is 5.75 Å². The molecule has 1 aliphatic carbocycles. The molecule has 1 aromatic rings. The van der Waals surface area contributed by atoms with E-state index >= 15 is 0 Å². The first-order chi connectivity index (χ1) is 8.79. The molecule has 0 saturated carbocycles. The van der Waals surface area contributed by atoms with Gasteiger partial charge >= 0.3 is 0 Å². The molecule has 0 aliphatic heterocycles. The van der Waals surface area contributed by atoms with Gasteiger partial charge in [-0.05, 0) is 44.7 Å². The van der Waals surface area contributed by atoms with Gasteiger partial charge in [0.2, 0.25) is 0 Å². The molecular weight excluding hydrogens is 224 g/mol. The first-order valence-electron chi connectivity index (χ1n) is 6.73. The van der Waals surface area contributed by atoms with Crippen LogP contribution in [0.3, 0.4) is 0 Å². The minimum Gasteiger partial charge on any atom is -0.492 e. The Kier molecular flexibility index (Phi) is 4.51. The zero-order valence-corrected chi connectivity index (χ0v) is 11.0. The predicted octanol–water partition coefficient (Wildman–Crippen LogP) is 3.58. The van der Waals surface area contributed by atoms with E-state index in [-0.39, 0.29) is 0 Å². The van der Waals surface area contributed by atoms with Gasteiger partial charge in [0.05, 0.1) is 12.3 Å². The van der Waals surface area contributed by atoms with Crippen molar-refractivity contribution in [2.24, 2.45) is 0 Å². The zero-order valence-electron chi connectivity index (χ0n) is 11.0. The van der Waals surface area contributed by atoms with Gasteiger partial charge in [-0.1, -0.05) is 11.6 Å². The highest BCUT2D eigenvalue weighted by Crippen LogP contribution is 2.26. The summed E-state index contributed by atoms with van der Waals surface area (Å²) in [7, 11) is 0. The maximum Gasteiger partial charge on any atom is 0.144 e. The van der Waals surface area contributed by atoms with E-state index in [1.165, 1.54) is 19.3 Å². The van der Waals surface area contributed by atoms with Crippen LogP contribution in [0.25, 0.3) is 0 Å². The Morgan fingerprint density at radius 3 is 3.00 bits per heavy atom. The summed E-state index contributed by atoms with van der Waals surface area (Å²) in [4.78, 5) is 0. The van der Waals surface area contributed by atoms with Gasteiger partial charge in [-0.3, -0.25) is 0 Å². The van der Waals surface area contributed by atoms with Crippen LogP contribution in [0.4, 0.5) is 11.4 Å². The van der Waals surface area contributed by atoms with Crippen molar-refractivity contribution >= 4 is 11.4 Å². The van der Waals surface area contributed by atoms with Crippen LogP contribution in [0, 0.1) is 0 Å². The number of anilines is 2. The fraction of sp³-hybridized carbons (Fsp3) is 0.467. The van der Waals surface area contributed by atoms with Crippen molar-refractivity contribution in [3.05, 3.63) is 29.8 Å². The summed E-state index contributed by atoms with van der Waals surface area (Å²) >= 11 is 0. The quantitative estimate of drug-likeness (QED) is 0.595. The Hall–Kier alpha value is -1.64. The SMILES string of the molecule is CCOc1cc(NCCC2=CCCC2)ccc1N. The molecule has 98 valence electrons. The number of nitrogen functional groups attached to an aromatic ring is 1. The van der Waals surface area contributed by atoms with Gasteiger partial charge in [0.25, 0.3) is 0 Å². The number of ether oxygens (including phenoxy) is 1. The van der Waals surface area contributed by atoms with Crippen LogP contribution in [0.5, 0.6) is 5.75 Å². The van der Waals surface area contributed by atoms with Crippen LogP contribution in [-0.2, 0) is 0 Å². The molecule has 2 rings (SSSR count). The lowest BCUT2D eigenvalue weighted by Crippen LogP contribution is -2.04. The lowest BCUT2D eigenvalue weighted by atomic mass is 10.1. The van der Waals surface area contributed by atoms with Crippen molar-refractivity contribution in [2.45, 2.75) is 32.6 Å². The topological polar surface area (TPSA) is 47.3 Å². The number of hydrogen-bond acceptors (Lipinski definition) is 3. The third-order valence-corrected chi connectivity index (χ3v) is 3.22. The summed E-state index contributed by atoms with van der Waals surface area (Å²) in [6, 6.07) is 5.87. The largest absolute Gasteiger partial charge is 0.492 e. The predicted molar refractivity (Wildman–Crippen MR) is 77.1 cm³/mol. The molecule has 18 heavy (non-hydrogen) atoms. The van der Waals surface area contributed by atoms with Gasteiger partial charge in [-0.25, -0.2) is 0 Å². The Morgan fingerprint density at radius 1 is 1.39 bits per heavy atom. The third kappa shape index (κ3) is 3.42. The van der Waals surface area contributed by atoms with E-state index in [1.54, 1.807) is 5.57 Å². The summed E-state index contributed by atoms with van der Waals surface area (Å²) in [6.07, 6.45) is 7.36. The lowest BCUT2D eigenvalue weighted by Gasteiger charge is -2.11. The molecule has 3 heteroatoms. The third-order valence-electron chi connectivity index (χ3n) is 3.22. The van der Waals surface area contributed by atoms with E-state index in [1.807, 2.05) is 25.1 Å². The zero-order chi connectivity index (χ0) is 12.8. The molecule has 0 spiro atoms. The van der Waals surface area contributed by atoms with E-state index in [0.29, 0.717) is 12.3 Å². The molecule has 3 nitrogen and oxygen atoms in total. The van der Waals surface area contributed by atoms with Crippen molar-refractivity contribution in [1.29, 1.82) is 0 Å². The molecule has 0 atom stereocenters. The molecule has 0 bridgehead atoms. The normalized spacial score (nSPS) is 14.4. The Bertz CT molecular complexity index is 427. The fourth-order valence-corrected chi connectivity index (χ4v) is 2.26. The van der Waals surface area contributed by atoms with E-state index < -0.39 is 0 Å². The molecule has 0 saturated heterocycles. The fourth-order valence-electron chi connectivity index (χ4n) is 2.26. The summed E-state index contributed by atoms with van der Waals surface area (Å²) in [5.41, 5.74) is 9.20. The van der Waals surface area contributed by atoms with Crippen molar-refractivity contribution in [1.82, 2.24) is 0 Å². The van der Waals surface area contributed by atoms with Crippen LogP contribution in [0.2, 0.25) is 0 Å². The van der Waals surface area contributed by atoms with Crippen LogP contribution in [-0.4, -0.2) is 13.2 Å². The molecular formula is C15H22N2O. The van der Waals surface area contributed by atoms with E-state index in [0.717, 1.165) is 24.4 Å². The molecule has 1 aliphatic rings. The first kappa shape index (κ1) is 12.8. The van der Waals surface area contributed by atoms with Gasteiger partial charge in [0, 0.05) is 18.3 Å². The van der Waals surface area contributed by atoms with Crippen LogP contribution >= 0.6 is 0 Å². The first-order valence-corrected chi connectivity index (χ1v) is 6.73. The van der Waals surface area contributed by atoms with Crippen LogP contribution < -0.4 is 15.8 Å². The van der Waals surface area contributed by atoms with Crippen molar-refractivity contribution in [3.8, 4) is 5.75 Å². The molecule has 0 unspecified atom stereocenters. The Morgan fingerprint density at radius 2 is 2.28 bits per heavy atom. The van der Waals surface area contributed by atoms with Crippen molar-refractivity contribution in [3.63, 3.8) is 0 Å². The minimum absolute atomic E-state index is 0.639. The molecule has 0 heterocycles. The second-order valence-corrected chi connectivity index (χ2v) is 4.62. The van der Waals surface area contributed by atoms with Gasteiger partial charge in [0.15, 0.2) is 0 Å². The number of nitrogens with two attached hydrogens (primary N) is 1. The Labute approximate surface area is 109 Å². The smallest absolute Gasteiger partial charge is 0.144 e. The Balaban J connectivity index is 1.86. The molecule has 1 aromatic carbocycles. The highest BCUT2D eigenvalue weighted by atomic mass is 16.5. The minimum atomic E-state index is 0.639. The van der Waals surface area contributed by atoms with Crippen molar-refractivity contribution in [2.75, 3.05) is 24.2 Å². The van der Waals surface area contributed by atoms with Crippen LogP contribution in [0.15, 0.2) is 29.8 Å². The summed E-state index contributed by atoms with van der Waals surface area (Å²) in [5.74, 6) is 0.766. The second-order valence-electron chi connectivity index (χ2n) is 4.62. The maximum atomic E-state index is 5.84. The molecule has 0 aromatic heterocycles. The number of allylic oxidation sites excluding steroid dienone is 1. The standard InChI is InChI=1S/C15H22N2O/c1-2-18-15-11-13(7-8-14(15)16)17-10-9-12-5-3-4-6-12/h5,7-8,11,17H,2-4,6,9-10,16H2,1H3. The summed E-state index contributed by atoms with van der Waals surface area (Å²) in [6.45, 7) is 3.58. The number of nitrogens with one attached hydrogen (secondary N) is 1. The van der Waals surface area contributed by atoms with Gasteiger partial charge in [-0.2, -0.15) is 0 Å². The number of benzene rings is 1. The average molecular weight is 246 g/mol.